The summed E-state index contributed by atoms with van der Waals surface area (Å²) in [7, 11) is 3.27. The fraction of sp³-hybridized carbons (Fsp3) is 0.522. The molecule has 1 fully saturated rings. The first-order chi connectivity index (χ1) is 15.5. The van der Waals surface area contributed by atoms with Gasteiger partial charge in [-0.2, -0.15) is 9.97 Å². The van der Waals surface area contributed by atoms with Crippen molar-refractivity contribution in [3.63, 3.8) is 0 Å². The molecule has 0 saturated heterocycles. The van der Waals surface area contributed by atoms with Crippen molar-refractivity contribution in [3.05, 3.63) is 30.1 Å². The van der Waals surface area contributed by atoms with E-state index in [0.717, 1.165) is 42.4 Å². The third kappa shape index (κ3) is 6.14. The number of aromatic nitrogens is 4. The molecule has 1 aliphatic carbocycles. The lowest BCUT2D eigenvalue weighted by atomic mass is 9.92. The van der Waals surface area contributed by atoms with E-state index in [1.54, 1.807) is 14.2 Å². The maximum Gasteiger partial charge on any atom is 0.227 e. The van der Waals surface area contributed by atoms with Crippen LogP contribution in [0.4, 0.5) is 11.8 Å². The number of nitrogens with zero attached hydrogens (tertiary/aromatic N) is 4. The summed E-state index contributed by atoms with van der Waals surface area (Å²) in [5, 5.41) is 6.97. The highest BCUT2D eigenvalue weighted by molar-refractivity contribution is 5.86. The van der Waals surface area contributed by atoms with Gasteiger partial charge in [0.1, 0.15) is 0 Å². The number of methoxy groups -OCH3 is 2. The average molecular weight is 512 g/mol. The smallest absolute Gasteiger partial charge is 0.227 e. The van der Waals surface area contributed by atoms with Gasteiger partial charge in [-0.25, -0.2) is 4.98 Å². The minimum Gasteiger partial charge on any atom is -0.493 e. The molecule has 4 rings (SSSR count). The molecule has 1 saturated carbocycles. The Labute approximate surface area is 213 Å². The van der Waals surface area contributed by atoms with Crippen LogP contribution < -0.4 is 25.8 Å². The highest BCUT2D eigenvalue weighted by atomic mass is 35.5. The van der Waals surface area contributed by atoms with Crippen molar-refractivity contribution >= 4 is 47.7 Å². The minimum absolute atomic E-state index is 0. The molecule has 2 aromatic heterocycles. The van der Waals surface area contributed by atoms with Crippen LogP contribution in [0.1, 0.15) is 51.1 Å². The van der Waals surface area contributed by atoms with E-state index < -0.39 is 0 Å². The molecule has 0 spiro atoms. The number of rotatable bonds is 8. The molecular weight excluding hydrogens is 477 g/mol. The zero-order valence-electron chi connectivity index (χ0n) is 20.1. The van der Waals surface area contributed by atoms with E-state index in [9.17, 15) is 0 Å². The second-order valence-electron chi connectivity index (χ2n) is 8.61. The third-order valence-corrected chi connectivity index (χ3v) is 5.99. The van der Waals surface area contributed by atoms with E-state index in [2.05, 4.69) is 34.0 Å². The predicted molar refractivity (Wildman–Crippen MR) is 141 cm³/mol. The van der Waals surface area contributed by atoms with Crippen LogP contribution in [-0.2, 0) is 6.54 Å². The van der Waals surface area contributed by atoms with Crippen LogP contribution >= 0.6 is 24.8 Å². The Morgan fingerprint density at radius 3 is 2.41 bits per heavy atom. The number of hydrogen-bond acceptors (Lipinski definition) is 8. The molecule has 1 aromatic carbocycles. The van der Waals surface area contributed by atoms with Gasteiger partial charge in [0, 0.05) is 24.7 Å². The number of nitrogens with two attached hydrogens (primary N) is 1. The van der Waals surface area contributed by atoms with Crippen LogP contribution in [-0.4, -0.2) is 45.8 Å². The lowest BCUT2D eigenvalue weighted by molar-refractivity contribution is 0.354. The van der Waals surface area contributed by atoms with E-state index in [4.69, 9.17) is 25.2 Å². The monoisotopic (exact) mass is 511 g/mol. The fourth-order valence-corrected chi connectivity index (χ4v) is 4.10. The van der Waals surface area contributed by atoms with Crippen molar-refractivity contribution < 1.29 is 9.47 Å². The number of hydrogen-bond donors (Lipinski definition) is 3. The maximum absolute atomic E-state index is 6.06. The van der Waals surface area contributed by atoms with Crippen molar-refractivity contribution in [1.82, 2.24) is 19.5 Å². The molecular formula is C23H35Cl2N7O2. The molecule has 4 N–H and O–H groups in total. The van der Waals surface area contributed by atoms with Gasteiger partial charge in [0.15, 0.2) is 28.5 Å². The molecule has 0 atom stereocenters. The van der Waals surface area contributed by atoms with Crippen molar-refractivity contribution in [2.45, 2.75) is 64.2 Å². The summed E-state index contributed by atoms with van der Waals surface area (Å²) in [6.07, 6.45) is 5.93. The van der Waals surface area contributed by atoms with Gasteiger partial charge >= 0.3 is 0 Å². The molecule has 34 heavy (non-hydrogen) atoms. The van der Waals surface area contributed by atoms with Crippen LogP contribution in [0, 0.1) is 0 Å². The molecule has 0 bridgehead atoms. The number of fused-ring (bicyclic) bond motifs is 1. The summed E-state index contributed by atoms with van der Waals surface area (Å²) >= 11 is 0. The average Bonchev–Trinajstić information content (AvgIpc) is 3.23. The normalized spacial score (nSPS) is 17.6. The third-order valence-electron chi connectivity index (χ3n) is 5.99. The number of imidazole rings is 1. The van der Waals surface area contributed by atoms with Gasteiger partial charge in [-0.15, -0.1) is 24.8 Å². The van der Waals surface area contributed by atoms with Crippen molar-refractivity contribution in [2.24, 2.45) is 5.73 Å². The number of benzene rings is 1. The summed E-state index contributed by atoms with van der Waals surface area (Å²) in [6.45, 7) is 4.81. The molecule has 0 radical (unpaired) electrons. The summed E-state index contributed by atoms with van der Waals surface area (Å²) in [5.74, 6) is 2.73. The van der Waals surface area contributed by atoms with E-state index in [-0.39, 0.29) is 30.9 Å². The van der Waals surface area contributed by atoms with Gasteiger partial charge in [-0.05, 0) is 57.2 Å². The maximum atomic E-state index is 6.06. The Balaban J connectivity index is 0.00000204. The molecule has 188 valence electrons. The largest absolute Gasteiger partial charge is 0.493 e. The van der Waals surface area contributed by atoms with Gasteiger partial charge in [-0.1, -0.05) is 6.07 Å². The Bertz CT molecular complexity index is 1070. The Hall–Kier alpha value is -2.49. The molecule has 0 amide bonds. The highest BCUT2D eigenvalue weighted by Crippen LogP contribution is 2.29. The quantitative estimate of drug-likeness (QED) is 0.403. The van der Waals surface area contributed by atoms with Gasteiger partial charge in [0.2, 0.25) is 5.95 Å². The van der Waals surface area contributed by atoms with E-state index in [0.29, 0.717) is 41.9 Å². The fourth-order valence-electron chi connectivity index (χ4n) is 4.10. The van der Waals surface area contributed by atoms with Gasteiger partial charge in [0.25, 0.3) is 0 Å². The molecule has 9 nitrogen and oxygen atoms in total. The predicted octanol–water partition coefficient (Wildman–Crippen LogP) is 4.56. The second kappa shape index (κ2) is 12.3. The van der Waals surface area contributed by atoms with E-state index >= 15 is 0 Å². The van der Waals surface area contributed by atoms with Gasteiger partial charge in [-0.3, -0.25) is 0 Å². The molecule has 3 aromatic rings. The molecule has 11 heteroatoms. The summed E-state index contributed by atoms with van der Waals surface area (Å²) in [5.41, 5.74) is 8.69. The topological polar surface area (TPSA) is 112 Å². The summed E-state index contributed by atoms with van der Waals surface area (Å²) < 4.78 is 12.8. The zero-order valence-corrected chi connectivity index (χ0v) is 21.7. The van der Waals surface area contributed by atoms with Crippen LogP contribution in [0.3, 0.4) is 0 Å². The number of anilines is 2. The van der Waals surface area contributed by atoms with Crippen molar-refractivity contribution in [2.75, 3.05) is 24.9 Å². The van der Waals surface area contributed by atoms with Gasteiger partial charge < -0.3 is 30.4 Å². The van der Waals surface area contributed by atoms with Gasteiger partial charge in [0.05, 0.1) is 20.5 Å². The minimum atomic E-state index is 0. The van der Waals surface area contributed by atoms with E-state index in [1.807, 2.05) is 24.5 Å². The highest BCUT2D eigenvalue weighted by Gasteiger charge is 2.21. The molecule has 1 aliphatic rings. The first kappa shape index (κ1) is 27.8. The van der Waals surface area contributed by atoms with Crippen LogP contribution in [0.5, 0.6) is 11.5 Å². The molecule has 0 aliphatic heterocycles. The van der Waals surface area contributed by atoms with Crippen LogP contribution in [0.15, 0.2) is 24.5 Å². The number of halogens is 2. The Kier molecular flexibility index (Phi) is 10.0. The first-order valence-corrected chi connectivity index (χ1v) is 11.2. The standard InChI is InChI=1S/C23H33N7O2.2ClH/c1-14(2)30-13-26-20-21(25-12-15-5-10-18(31-3)19(11-15)32-4)28-23(29-22(20)30)27-17-8-6-16(24)7-9-17;;/h5,10-11,13-14,16-17H,6-9,12,24H2,1-4H3,(H2,25,27,28,29);2*1H/t16-,17-;;. The van der Waals surface area contributed by atoms with E-state index in [1.165, 1.54) is 0 Å². The lowest BCUT2D eigenvalue weighted by Gasteiger charge is -2.27. The molecule has 2 heterocycles. The second-order valence-corrected chi connectivity index (χ2v) is 8.61. The van der Waals surface area contributed by atoms with Crippen LogP contribution in [0.25, 0.3) is 11.2 Å². The first-order valence-electron chi connectivity index (χ1n) is 11.2. The lowest BCUT2D eigenvalue weighted by Crippen LogP contribution is -2.33. The summed E-state index contributed by atoms with van der Waals surface area (Å²) in [6, 6.07) is 6.75. The van der Waals surface area contributed by atoms with Crippen molar-refractivity contribution in [3.8, 4) is 11.5 Å². The number of ether oxygens (including phenoxy) is 2. The Morgan fingerprint density at radius 1 is 1.06 bits per heavy atom. The number of nitrogens with one attached hydrogen (secondary N) is 2. The Morgan fingerprint density at radius 2 is 1.76 bits per heavy atom. The van der Waals surface area contributed by atoms with Crippen molar-refractivity contribution in [1.29, 1.82) is 0 Å². The zero-order chi connectivity index (χ0) is 22.7. The SMILES string of the molecule is COc1ccc(CNc2nc(N[C@H]3CC[C@H](N)CC3)nc3c2ncn3C(C)C)cc1OC.Cl.Cl. The summed E-state index contributed by atoms with van der Waals surface area (Å²) in [4.78, 5) is 14.2. The van der Waals surface area contributed by atoms with Crippen LogP contribution in [0.2, 0.25) is 0 Å². The molecule has 0 unspecified atom stereocenters.